The van der Waals surface area contributed by atoms with Crippen molar-refractivity contribution in [3.8, 4) is 0 Å². The summed E-state index contributed by atoms with van der Waals surface area (Å²) in [6.45, 7) is 7.39. The van der Waals surface area contributed by atoms with Crippen LogP contribution in [0.3, 0.4) is 0 Å². The summed E-state index contributed by atoms with van der Waals surface area (Å²) in [5.41, 5.74) is 2.13. The summed E-state index contributed by atoms with van der Waals surface area (Å²) in [6.07, 6.45) is 2.44. The van der Waals surface area contributed by atoms with Gasteiger partial charge in [0.1, 0.15) is 5.82 Å². The zero-order valence-corrected chi connectivity index (χ0v) is 17.3. The van der Waals surface area contributed by atoms with Gasteiger partial charge in [-0.2, -0.15) is 0 Å². The minimum atomic E-state index is -0.370. The molecular formula is C22H32N4O3. The highest BCUT2D eigenvalue weighted by Gasteiger charge is 2.31. The molecule has 0 spiro atoms. The number of benzene rings is 1. The second kappa shape index (κ2) is 9.24. The largest absolute Gasteiger partial charge is 0.391 e. The standard InChI is InChI=1S/C22H32N4O3/c1-17-23-18-5-2-3-6-19(18)26(17)10-4-7-22(28)25-11-8-20(21(27)9-12-25)24-13-15-29-16-14-24/h2-3,5-6,20-21,27H,4,7-16H2,1H3/t20-,21-/m0/s1. The number of carbonyl (C=O) groups excluding carboxylic acids is 1. The van der Waals surface area contributed by atoms with Crippen molar-refractivity contribution in [2.75, 3.05) is 39.4 Å². The predicted octanol–water partition coefficient (Wildman–Crippen LogP) is 1.81. The van der Waals surface area contributed by atoms with E-state index in [1.54, 1.807) is 0 Å². The molecule has 2 aromatic rings. The Morgan fingerprint density at radius 1 is 1.17 bits per heavy atom. The van der Waals surface area contributed by atoms with Gasteiger partial charge in [-0.15, -0.1) is 0 Å². The number of likely N-dealkylation sites (tertiary alicyclic amines) is 1. The van der Waals surface area contributed by atoms with Crippen LogP contribution >= 0.6 is 0 Å². The summed E-state index contributed by atoms with van der Waals surface area (Å²) < 4.78 is 7.63. The zero-order chi connectivity index (χ0) is 20.2. The SMILES string of the molecule is Cc1nc2ccccc2n1CCCC(=O)N1CC[C@H](O)[C@@H](N2CCOCC2)CC1. The van der Waals surface area contributed by atoms with Gasteiger partial charge in [0, 0.05) is 45.2 Å². The first-order valence-corrected chi connectivity index (χ1v) is 10.8. The summed E-state index contributed by atoms with van der Waals surface area (Å²) in [5, 5.41) is 10.6. The predicted molar refractivity (Wildman–Crippen MR) is 112 cm³/mol. The molecule has 1 aromatic heterocycles. The van der Waals surface area contributed by atoms with E-state index in [-0.39, 0.29) is 18.1 Å². The molecular weight excluding hydrogens is 368 g/mol. The van der Waals surface area contributed by atoms with Crippen molar-refractivity contribution in [2.24, 2.45) is 0 Å². The maximum atomic E-state index is 12.8. The van der Waals surface area contributed by atoms with Crippen LogP contribution in [0.4, 0.5) is 0 Å². The molecule has 0 radical (unpaired) electrons. The number of amides is 1. The van der Waals surface area contributed by atoms with Crippen molar-refractivity contribution in [1.29, 1.82) is 0 Å². The number of hydrogen-bond acceptors (Lipinski definition) is 5. The molecule has 3 heterocycles. The normalized spacial score (nSPS) is 24.0. The van der Waals surface area contributed by atoms with Crippen LogP contribution in [0.1, 0.15) is 31.5 Å². The second-order valence-electron chi connectivity index (χ2n) is 8.14. The lowest BCUT2D eigenvalue weighted by molar-refractivity contribution is -0.131. The number of ether oxygens (including phenoxy) is 1. The Bertz CT molecular complexity index is 831. The Balaban J connectivity index is 1.30. The molecule has 1 aromatic carbocycles. The Morgan fingerprint density at radius 2 is 1.93 bits per heavy atom. The molecule has 0 aliphatic carbocycles. The lowest BCUT2D eigenvalue weighted by Gasteiger charge is -2.36. The third kappa shape index (κ3) is 4.63. The number of aromatic nitrogens is 2. The van der Waals surface area contributed by atoms with E-state index in [2.05, 4.69) is 20.5 Å². The highest BCUT2D eigenvalue weighted by molar-refractivity contribution is 5.77. The average Bonchev–Trinajstić information content (AvgIpc) is 2.92. The molecule has 4 rings (SSSR count). The van der Waals surface area contributed by atoms with Gasteiger partial charge in [-0.05, 0) is 38.3 Å². The fraction of sp³-hybridized carbons (Fsp3) is 0.636. The van der Waals surface area contributed by atoms with E-state index < -0.39 is 0 Å². The van der Waals surface area contributed by atoms with Crippen molar-refractivity contribution in [3.63, 3.8) is 0 Å². The molecule has 2 atom stereocenters. The quantitative estimate of drug-likeness (QED) is 0.829. The van der Waals surface area contributed by atoms with Gasteiger partial charge in [-0.1, -0.05) is 12.1 Å². The molecule has 0 saturated carbocycles. The number of aryl methyl sites for hydroxylation is 2. The molecule has 2 aliphatic heterocycles. The fourth-order valence-corrected chi connectivity index (χ4v) is 4.68. The smallest absolute Gasteiger partial charge is 0.222 e. The minimum Gasteiger partial charge on any atom is -0.391 e. The summed E-state index contributed by atoms with van der Waals surface area (Å²) in [7, 11) is 0. The fourth-order valence-electron chi connectivity index (χ4n) is 4.68. The van der Waals surface area contributed by atoms with Gasteiger partial charge in [-0.3, -0.25) is 9.69 Å². The van der Waals surface area contributed by atoms with Crippen LogP contribution in [-0.2, 0) is 16.1 Å². The summed E-state index contributed by atoms with van der Waals surface area (Å²) in [4.78, 5) is 21.7. The van der Waals surface area contributed by atoms with Gasteiger partial charge in [0.15, 0.2) is 0 Å². The number of morpholine rings is 1. The van der Waals surface area contributed by atoms with Crippen molar-refractivity contribution in [2.45, 2.75) is 51.3 Å². The van der Waals surface area contributed by atoms with E-state index in [0.29, 0.717) is 19.4 Å². The van der Waals surface area contributed by atoms with E-state index in [9.17, 15) is 9.90 Å². The first kappa shape index (κ1) is 20.3. The number of hydrogen-bond donors (Lipinski definition) is 1. The number of aliphatic hydroxyl groups excluding tert-OH is 1. The maximum Gasteiger partial charge on any atom is 0.222 e. The molecule has 2 saturated heterocycles. The highest BCUT2D eigenvalue weighted by atomic mass is 16.5. The Labute approximate surface area is 172 Å². The first-order chi connectivity index (χ1) is 14.1. The number of para-hydroxylation sites is 2. The van der Waals surface area contributed by atoms with Crippen LogP contribution in [0.2, 0.25) is 0 Å². The molecule has 2 fully saturated rings. The number of aliphatic hydroxyl groups is 1. The van der Waals surface area contributed by atoms with E-state index >= 15 is 0 Å². The van der Waals surface area contributed by atoms with Crippen LogP contribution in [0, 0.1) is 6.92 Å². The molecule has 7 heteroatoms. The number of rotatable bonds is 5. The van der Waals surface area contributed by atoms with Gasteiger partial charge in [0.05, 0.1) is 30.4 Å². The lowest BCUT2D eigenvalue weighted by atomic mass is 10.0. The number of carbonyl (C=O) groups is 1. The molecule has 1 amide bonds. The third-order valence-electron chi connectivity index (χ3n) is 6.32. The van der Waals surface area contributed by atoms with Gasteiger partial charge in [0.2, 0.25) is 5.91 Å². The molecule has 0 unspecified atom stereocenters. The van der Waals surface area contributed by atoms with Crippen LogP contribution < -0.4 is 0 Å². The zero-order valence-electron chi connectivity index (χ0n) is 17.3. The Kier molecular flexibility index (Phi) is 6.47. The van der Waals surface area contributed by atoms with Crippen molar-refractivity contribution >= 4 is 16.9 Å². The maximum absolute atomic E-state index is 12.8. The molecule has 0 bridgehead atoms. The number of nitrogens with zero attached hydrogens (tertiary/aromatic N) is 4. The van der Waals surface area contributed by atoms with Gasteiger partial charge >= 0.3 is 0 Å². The summed E-state index contributed by atoms with van der Waals surface area (Å²) >= 11 is 0. The van der Waals surface area contributed by atoms with Crippen LogP contribution in [0.25, 0.3) is 11.0 Å². The lowest BCUT2D eigenvalue weighted by Crippen LogP contribution is -2.49. The van der Waals surface area contributed by atoms with E-state index in [1.165, 1.54) is 0 Å². The Hall–Kier alpha value is -1.96. The highest BCUT2D eigenvalue weighted by Crippen LogP contribution is 2.20. The van der Waals surface area contributed by atoms with Crippen LogP contribution in [0.5, 0.6) is 0 Å². The molecule has 158 valence electrons. The second-order valence-corrected chi connectivity index (χ2v) is 8.14. The van der Waals surface area contributed by atoms with Gasteiger partial charge in [0.25, 0.3) is 0 Å². The van der Waals surface area contributed by atoms with E-state index in [0.717, 1.165) is 69.1 Å². The molecule has 1 N–H and O–H groups in total. The van der Waals surface area contributed by atoms with Crippen molar-refractivity contribution < 1.29 is 14.6 Å². The topological polar surface area (TPSA) is 70.8 Å². The van der Waals surface area contributed by atoms with Gasteiger partial charge in [-0.25, -0.2) is 4.98 Å². The minimum absolute atomic E-state index is 0.136. The first-order valence-electron chi connectivity index (χ1n) is 10.8. The summed E-state index contributed by atoms with van der Waals surface area (Å²) in [5.74, 6) is 1.19. The van der Waals surface area contributed by atoms with Crippen LogP contribution in [0.15, 0.2) is 24.3 Å². The number of fused-ring (bicyclic) bond motifs is 1. The Morgan fingerprint density at radius 3 is 2.76 bits per heavy atom. The third-order valence-corrected chi connectivity index (χ3v) is 6.32. The molecule has 7 nitrogen and oxygen atoms in total. The monoisotopic (exact) mass is 400 g/mol. The molecule has 2 aliphatic rings. The number of imidazole rings is 1. The van der Waals surface area contributed by atoms with E-state index in [1.807, 2.05) is 30.0 Å². The van der Waals surface area contributed by atoms with Crippen LogP contribution in [-0.4, -0.2) is 81.9 Å². The molecule has 29 heavy (non-hydrogen) atoms. The van der Waals surface area contributed by atoms with Crippen molar-refractivity contribution in [3.05, 3.63) is 30.1 Å². The summed E-state index contributed by atoms with van der Waals surface area (Å²) in [6, 6.07) is 8.27. The van der Waals surface area contributed by atoms with Gasteiger partial charge < -0.3 is 19.3 Å². The van der Waals surface area contributed by atoms with E-state index in [4.69, 9.17) is 4.74 Å². The average molecular weight is 401 g/mol. The van der Waals surface area contributed by atoms with Crippen molar-refractivity contribution in [1.82, 2.24) is 19.4 Å².